The molecule has 0 aliphatic carbocycles. The molecule has 0 heterocycles. The molecule has 2 aromatic rings. The molecule has 0 aliphatic rings. The zero-order valence-electron chi connectivity index (χ0n) is 8.66. The molecule has 82 valence electrons. The SMILES string of the molecule is COC(=O)c1ccc2cc(Br)ccc2c1N. The van der Waals surface area contributed by atoms with E-state index in [1.165, 1.54) is 7.11 Å². The minimum Gasteiger partial charge on any atom is -0.465 e. The molecule has 0 amide bonds. The fourth-order valence-electron chi connectivity index (χ4n) is 1.61. The highest BCUT2D eigenvalue weighted by Gasteiger charge is 2.12. The summed E-state index contributed by atoms with van der Waals surface area (Å²) in [6.45, 7) is 0. The van der Waals surface area contributed by atoms with Crippen molar-refractivity contribution in [3.63, 3.8) is 0 Å². The lowest BCUT2D eigenvalue weighted by Gasteiger charge is -2.07. The van der Waals surface area contributed by atoms with Crippen molar-refractivity contribution in [1.82, 2.24) is 0 Å². The van der Waals surface area contributed by atoms with E-state index in [1.807, 2.05) is 24.3 Å². The van der Waals surface area contributed by atoms with E-state index >= 15 is 0 Å². The second kappa shape index (κ2) is 4.14. The monoisotopic (exact) mass is 279 g/mol. The van der Waals surface area contributed by atoms with Gasteiger partial charge in [-0.1, -0.05) is 28.1 Å². The first-order valence-electron chi connectivity index (χ1n) is 4.69. The molecule has 0 aromatic heterocycles. The topological polar surface area (TPSA) is 52.3 Å². The maximum atomic E-state index is 11.4. The molecule has 0 unspecified atom stereocenters. The summed E-state index contributed by atoms with van der Waals surface area (Å²) in [5.74, 6) is -0.415. The Balaban J connectivity index is 2.70. The van der Waals surface area contributed by atoms with Gasteiger partial charge >= 0.3 is 5.97 Å². The molecule has 4 heteroatoms. The van der Waals surface area contributed by atoms with E-state index in [1.54, 1.807) is 6.07 Å². The lowest BCUT2D eigenvalue weighted by molar-refractivity contribution is 0.0602. The Bertz CT molecular complexity index is 566. The maximum absolute atomic E-state index is 11.4. The van der Waals surface area contributed by atoms with Crippen LogP contribution in [0.15, 0.2) is 34.8 Å². The van der Waals surface area contributed by atoms with Gasteiger partial charge in [0.15, 0.2) is 0 Å². The number of hydrogen-bond donors (Lipinski definition) is 1. The Labute approximate surface area is 101 Å². The van der Waals surface area contributed by atoms with E-state index in [0.29, 0.717) is 11.3 Å². The van der Waals surface area contributed by atoms with E-state index in [4.69, 9.17) is 5.73 Å². The minimum absolute atomic E-state index is 0.400. The average molecular weight is 280 g/mol. The number of hydrogen-bond acceptors (Lipinski definition) is 3. The van der Waals surface area contributed by atoms with Crippen LogP contribution >= 0.6 is 15.9 Å². The molecule has 0 aliphatic heterocycles. The number of nitrogens with two attached hydrogens (primary N) is 1. The molecule has 0 saturated carbocycles. The van der Waals surface area contributed by atoms with Crippen molar-refractivity contribution in [3.05, 3.63) is 40.4 Å². The fraction of sp³-hybridized carbons (Fsp3) is 0.0833. The molecular formula is C12H10BrNO2. The van der Waals surface area contributed by atoms with Gasteiger partial charge in [0.05, 0.1) is 18.4 Å². The zero-order chi connectivity index (χ0) is 11.7. The standard InChI is InChI=1S/C12H10BrNO2/c1-16-12(15)10-4-2-7-6-8(13)3-5-9(7)11(10)14/h2-6H,14H2,1H3. The number of rotatable bonds is 1. The van der Waals surface area contributed by atoms with E-state index in [2.05, 4.69) is 20.7 Å². The first kappa shape index (κ1) is 11.0. The maximum Gasteiger partial charge on any atom is 0.339 e. The van der Waals surface area contributed by atoms with Gasteiger partial charge in [-0.3, -0.25) is 0 Å². The summed E-state index contributed by atoms with van der Waals surface area (Å²) in [5.41, 5.74) is 6.79. The number of ether oxygens (including phenoxy) is 1. The van der Waals surface area contributed by atoms with Gasteiger partial charge < -0.3 is 10.5 Å². The summed E-state index contributed by atoms with van der Waals surface area (Å²) < 4.78 is 5.64. The van der Waals surface area contributed by atoms with E-state index < -0.39 is 5.97 Å². The smallest absolute Gasteiger partial charge is 0.339 e. The number of benzene rings is 2. The fourth-order valence-corrected chi connectivity index (χ4v) is 1.99. The number of halogens is 1. The highest BCUT2D eigenvalue weighted by Crippen LogP contribution is 2.27. The Morgan fingerprint density at radius 3 is 2.75 bits per heavy atom. The molecular weight excluding hydrogens is 270 g/mol. The molecule has 0 radical (unpaired) electrons. The first-order valence-corrected chi connectivity index (χ1v) is 5.49. The predicted octanol–water partition coefficient (Wildman–Crippen LogP) is 2.97. The van der Waals surface area contributed by atoms with Gasteiger partial charge in [0, 0.05) is 9.86 Å². The highest BCUT2D eigenvalue weighted by atomic mass is 79.9. The summed E-state index contributed by atoms with van der Waals surface area (Å²) in [6.07, 6.45) is 0. The normalized spacial score (nSPS) is 10.4. The van der Waals surface area contributed by atoms with E-state index in [-0.39, 0.29) is 0 Å². The van der Waals surface area contributed by atoms with Crippen LogP contribution in [0.3, 0.4) is 0 Å². The van der Waals surface area contributed by atoms with Gasteiger partial charge in [0.25, 0.3) is 0 Å². The van der Waals surface area contributed by atoms with E-state index in [9.17, 15) is 4.79 Å². The number of carbonyl (C=O) groups excluding carboxylic acids is 1. The quantitative estimate of drug-likeness (QED) is 0.645. The van der Waals surface area contributed by atoms with Crippen LogP contribution in [0.4, 0.5) is 5.69 Å². The van der Waals surface area contributed by atoms with Crippen molar-refractivity contribution < 1.29 is 9.53 Å². The number of carbonyl (C=O) groups is 1. The largest absolute Gasteiger partial charge is 0.465 e. The van der Waals surface area contributed by atoms with Gasteiger partial charge in [-0.05, 0) is 23.6 Å². The number of nitrogen functional groups attached to an aromatic ring is 1. The van der Waals surface area contributed by atoms with Gasteiger partial charge in [-0.15, -0.1) is 0 Å². The van der Waals surface area contributed by atoms with Crippen molar-refractivity contribution in [2.45, 2.75) is 0 Å². The van der Waals surface area contributed by atoms with Crippen molar-refractivity contribution in [2.75, 3.05) is 12.8 Å². The molecule has 2 aromatic carbocycles. The number of anilines is 1. The highest BCUT2D eigenvalue weighted by molar-refractivity contribution is 9.10. The minimum atomic E-state index is -0.415. The molecule has 3 nitrogen and oxygen atoms in total. The lowest BCUT2D eigenvalue weighted by Crippen LogP contribution is -2.05. The molecule has 0 saturated heterocycles. The Hall–Kier alpha value is -1.55. The third kappa shape index (κ3) is 1.76. The number of esters is 1. The predicted molar refractivity (Wildman–Crippen MR) is 67.4 cm³/mol. The summed E-state index contributed by atoms with van der Waals surface area (Å²) in [5, 5.41) is 1.84. The second-order valence-electron chi connectivity index (χ2n) is 3.38. The average Bonchev–Trinajstić information content (AvgIpc) is 2.28. The molecule has 0 spiro atoms. The third-order valence-corrected chi connectivity index (χ3v) is 2.92. The zero-order valence-corrected chi connectivity index (χ0v) is 10.2. The van der Waals surface area contributed by atoms with Gasteiger partial charge in [0.1, 0.15) is 0 Å². The first-order chi connectivity index (χ1) is 7.63. The van der Waals surface area contributed by atoms with Crippen molar-refractivity contribution in [3.8, 4) is 0 Å². The van der Waals surface area contributed by atoms with Crippen molar-refractivity contribution >= 4 is 38.4 Å². The molecule has 16 heavy (non-hydrogen) atoms. The van der Waals surface area contributed by atoms with Crippen LogP contribution in [0.5, 0.6) is 0 Å². The summed E-state index contributed by atoms with van der Waals surface area (Å²) in [4.78, 5) is 11.4. The van der Waals surface area contributed by atoms with Crippen LogP contribution in [0.1, 0.15) is 10.4 Å². The molecule has 0 fully saturated rings. The second-order valence-corrected chi connectivity index (χ2v) is 4.30. The molecule has 0 bridgehead atoms. The number of methoxy groups -OCH3 is 1. The van der Waals surface area contributed by atoms with Crippen LogP contribution in [0, 0.1) is 0 Å². The van der Waals surface area contributed by atoms with Gasteiger partial charge in [0.2, 0.25) is 0 Å². The summed E-state index contributed by atoms with van der Waals surface area (Å²) >= 11 is 3.39. The number of fused-ring (bicyclic) bond motifs is 1. The van der Waals surface area contributed by atoms with Crippen molar-refractivity contribution in [2.24, 2.45) is 0 Å². The molecule has 0 atom stereocenters. The Kier molecular flexibility index (Phi) is 2.83. The Morgan fingerprint density at radius 2 is 2.06 bits per heavy atom. The molecule has 2 rings (SSSR count). The van der Waals surface area contributed by atoms with Crippen LogP contribution in [0.2, 0.25) is 0 Å². The van der Waals surface area contributed by atoms with Crippen LogP contribution in [-0.4, -0.2) is 13.1 Å². The van der Waals surface area contributed by atoms with Gasteiger partial charge in [-0.25, -0.2) is 4.79 Å². The van der Waals surface area contributed by atoms with E-state index in [0.717, 1.165) is 15.2 Å². The Morgan fingerprint density at radius 1 is 1.31 bits per heavy atom. The summed E-state index contributed by atoms with van der Waals surface area (Å²) in [6, 6.07) is 9.24. The lowest BCUT2D eigenvalue weighted by atomic mass is 10.0. The van der Waals surface area contributed by atoms with Crippen molar-refractivity contribution in [1.29, 1.82) is 0 Å². The van der Waals surface area contributed by atoms with Crippen LogP contribution < -0.4 is 5.73 Å². The van der Waals surface area contributed by atoms with Crippen LogP contribution in [-0.2, 0) is 4.74 Å². The molecule has 2 N–H and O–H groups in total. The van der Waals surface area contributed by atoms with Gasteiger partial charge in [-0.2, -0.15) is 0 Å². The third-order valence-electron chi connectivity index (χ3n) is 2.43. The van der Waals surface area contributed by atoms with Crippen LogP contribution in [0.25, 0.3) is 10.8 Å². The summed E-state index contributed by atoms with van der Waals surface area (Å²) in [7, 11) is 1.34.